The highest BCUT2D eigenvalue weighted by molar-refractivity contribution is 5.28. The molecule has 1 aliphatic carbocycles. The average Bonchev–Trinajstić information content (AvgIpc) is 2.88. The molecule has 3 rings (SSSR count). The number of rotatable bonds is 2. The average molecular weight is 231 g/mol. The van der Waals surface area contributed by atoms with Gasteiger partial charge in [0.25, 0.3) is 0 Å². The van der Waals surface area contributed by atoms with Gasteiger partial charge in [-0.15, -0.1) is 0 Å². The van der Waals surface area contributed by atoms with Gasteiger partial charge < -0.3 is 9.67 Å². The quantitative estimate of drug-likeness (QED) is 0.853. The van der Waals surface area contributed by atoms with Gasteiger partial charge in [-0.25, -0.2) is 0 Å². The van der Waals surface area contributed by atoms with Crippen molar-refractivity contribution in [3.05, 3.63) is 41.5 Å². The molecule has 90 valence electrons. The van der Waals surface area contributed by atoms with Crippen LogP contribution >= 0.6 is 0 Å². The van der Waals surface area contributed by atoms with Gasteiger partial charge in [0.05, 0.1) is 18.8 Å². The molecule has 2 aromatic rings. The van der Waals surface area contributed by atoms with E-state index in [1.54, 1.807) is 0 Å². The molecule has 0 bridgehead atoms. The van der Waals surface area contributed by atoms with Gasteiger partial charge in [-0.05, 0) is 25.3 Å². The van der Waals surface area contributed by atoms with E-state index in [1.807, 2.05) is 24.1 Å². The third kappa shape index (κ3) is 1.89. The lowest BCUT2D eigenvalue weighted by Crippen LogP contribution is -2.12. The van der Waals surface area contributed by atoms with E-state index in [1.165, 1.54) is 11.3 Å². The minimum absolute atomic E-state index is 0.270. The molecule has 1 unspecified atom stereocenters. The summed E-state index contributed by atoms with van der Waals surface area (Å²) in [5.41, 5.74) is 3.60. The Morgan fingerprint density at radius 3 is 3.18 bits per heavy atom. The van der Waals surface area contributed by atoms with Crippen LogP contribution in [0.2, 0.25) is 0 Å². The Kier molecular flexibility index (Phi) is 2.52. The number of hydrogen-bond donors (Lipinski definition) is 1. The van der Waals surface area contributed by atoms with E-state index in [2.05, 4.69) is 21.9 Å². The van der Waals surface area contributed by atoms with Crippen LogP contribution < -0.4 is 0 Å². The van der Waals surface area contributed by atoms with Crippen LogP contribution in [0.4, 0.5) is 0 Å². The van der Waals surface area contributed by atoms with E-state index in [9.17, 15) is 5.11 Å². The van der Waals surface area contributed by atoms with Gasteiger partial charge in [-0.2, -0.15) is 5.10 Å². The van der Waals surface area contributed by atoms with Crippen molar-refractivity contribution in [3.63, 3.8) is 0 Å². The minimum atomic E-state index is -0.270. The first-order valence-electron chi connectivity index (χ1n) is 6.07. The second-order valence-corrected chi connectivity index (χ2v) is 4.78. The molecule has 0 amide bonds. The molecule has 0 radical (unpaired) electrons. The minimum Gasteiger partial charge on any atom is -0.388 e. The third-order valence-electron chi connectivity index (χ3n) is 3.48. The van der Waals surface area contributed by atoms with Crippen molar-refractivity contribution >= 4 is 0 Å². The molecule has 0 saturated carbocycles. The van der Waals surface area contributed by atoms with Crippen molar-refractivity contribution < 1.29 is 5.11 Å². The van der Waals surface area contributed by atoms with E-state index >= 15 is 0 Å². The molecule has 1 N–H and O–H groups in total. The van der Waals surface area contributed by atoms with Crippen LogP contribution in [0.15, 0.2) is 24.7 Å². The van der Waals surface area contributed by atoms with Crippen molar-refractivity contribution in [3.8, 4) is 0 Å². The van der Waals surface area contributed by atoms with E-state index in [-0.39, 0.29) is 6.10 Å². The zero-order valence-electron chi connectivity index (χ0n) is 10.0. The maximum atomic E-state index is 9.92. The molecule has 0 aromatic carbocycles. The summed E-state index contributed by atoms with van der Waals surface area (Å²) in [6.07, 6.45) is 8.77. The highest BCUT2D eigenvalue weighted by Gasteiger charge is 2.21. The highest BCUT2D eigenvalue weighted by Crippen LogP contribution is 2.30. The van der Waals surface area contributed by atoms with Crippen LogP contribution in [-0.4, -0.2) is 19.5 Å². The van der Waals surface area contributed by atoms with Gasteiger partial charge in [-0.1, -0.05) is 0 Å². The fourth-order valence-electron chi connectivity index (χ4n) is 2.63. The number of aromatic nitrogens is 3. The van der Waals surface area contributed by atoms with Crippen LogP contribution in [0.1, 0.15) is 35.8 Å². The molecule has 0 aliphatic heterocycles. The van der Waals surface area contributed by atoms with Gasteiger partial charge >= 0.3 is 0 Å². The van der Waals surface area contributed by atoms with Crippen molar-refractivity contribution in [1.82, 2.24) is 14.3 Å². The van der Waals surface area contributed by atoms with E-state index in [4.69, 9.17) is 0 Å². The lowest BCUT2D eigenvalue weighted by Gasteiger charge is -2.19. The van der Waals surface area contributed by atoms with Crippen molar-refractivity contribution in [2.24, 2.45) is 7.05 Å². The zero-order chi connectivity index (χ0) is 11.8. The number of aryl methyl sites for hydroxylation is 1. The number of nitrogens with zero attached hydrogens (tertiary/aromatic N) is 3. The van der Waals surface area contributed by atoms with Crippen molar-refractivity contribution in [2.75, 3.05) is 0 Å². The summed E-state index contributed by atoms with van der Waals surface area (Å²) < 4.78 is 4.05. The van der Waals surface area contributed by atoms with Gasteiger partial charge in [-0.3, -0.25) is 4.68 Å². The lowest BCUT2D eigenvalue weighted by molar-refractivity contribution is 0.156. The normalized spacial score (nSPS) is 19.3. The first-order chi connectivity index (χ1) is 8.24. The summed E-state index contributed by atoms with van der Waals surface area (Å²) in [7, 11) is 1.93. The summed E-state index contributed by atoms with van der Waals surface area (Å²) in [5.74, 6) is 0. The van der Waals surface area contributed by atoms with Crippen molar-refractivity contribution in [1.29, 1.82) is 0 Å². The molecule has 1 aliphatic rings. The molecule has 17 heavy (non-hydrogen) atoms. The summed E-state index contributed by atoms with van der Waals surface area (Å²) >= 11 is 0. The van der Waals surface area contributed by atoms with Gasteiger partial charge in [0.1, 0.15) is 0 Å². The summed E-state index contributed by atoms with van der Waals surface area (Å²) in [6.45, 7) is 0.843. The van der Waals surface area contributed by atoms with E-state index < -0.39 is 0 Å². The number of aliphatic hydroxyl groups excluding tert-OH is 1. The Labute approximate surface area is 100 Å². The Hall–Kier alpha value is -1.55. The summed E-state index contributed by atoms with van der Waals surface area (Å²) in [5, 5.41) is 14.1. The molecule has 0 fully saturated rings. The smallest absolute Gasteiger partial charge is 0.0807 e. The fourth-order valence-corrected chi connectivity index (χ4v) is 2.63. The summed E-state index contributed by atoms with van der Waals surface area (Å²) in [6, 6.07) is 2.05. The number of hydrogen-bond acceptors (Lipinski definition) is 2. The standard InChI is InChI=1S/C13H17N3O/c1-15-8-10(7-14-15)9-16-6-5-11-12(16)3-2-4-13(11)17/h5-8,13,17H,2-4,9H2,1H3. The van der Waals surface area contributed by atoms with Crippen LogP contribution in [0, 0.1) is 0 Å². The number of fused-ring (bicyclic) bond motifs is 1. The highest BCUT2D eigenvalue weighted by atomic mass is 16.3. The molecule has 1 atom stereocenters. The van der Waals surface area contributed by atoms with Crippen molar-refractivity contribution in [2.45, 2.75) is 31.9 Å². The second-order valence-electron chi connectivity index (χ2n) is 4.78. The molecular weight excluding hydrogens is 214 g/mol. The Bertz CT molecular complexity index is 527. The second kappa shape index (κ2) is 4.04. The lowest BCUT2D eigenvalue weighted by atomic mass is 9.95. The summed E-state index contributed by atoms with van der Waals surface area (Å²) in [4.78, 5) is 0. The Balaban J connectivity index is 1.89. The predicted molar refractivity (Wildman–Crippen MR) is 64.6 cm³/mol. The third-order valence-corrected chi connectivity index (χ3v) is 3.48. The van der Waals surface area contributed by atoms with Crippen LogP contribution in [-0.2, 0) is 20.0 Å². The molecule has 0 spiro atoms. The first-order valence-corrected chi connectivity index (χ1v) is 6.07. The zero-order valence-corrected chi connectivity index (χ0v) is 10.0. The van der Waals surface area contributed by atoms with Gasteiger partial charge in [0.15, 0.2) is 0 Å². The molecule has 0 saturated heterocycles. The topological polar surface area (TPSA) is 43.0 Å². The maximum absolute atomic E-state index is 9.92. The Morgan fingerprint density at radius 2 is 2.41 bits per heavy atom. The molecule has 2 heterocycles. The molecule has 4 nitrogen and oxygen atoms in total. The SMILES string of the molecule is Cn1cc(Cn2ccc3c2CCCC3O)cn1. The fraction of sp³-hybridized carbons (Fsp3) is 0.462. The molecule has 2 aromatic heterocycles. The first kappa shape index (κ1) is 10.6. The van der Waals surface area contributed by atoms with E-state index in [0.717, 1.165) is 31.4 Å². The van der Waals surface area contributed by atoms with Crippen LogP contribution in [0.25, 0.3) is 0 Å². The monoisotopic (exact) mass is 231 g/mol. The number of aliphatic hydroxyl groups is 1. The van der Waals surface area contributed by atoms with Crippen LogP contribution in [0.5, 0.6) is 0 Å². The Morgan fingerprint density at radius 1 is 1.53 bits per heavy atom. The predicted octanol–water partition coefficient (Wildman–Crippen LogP) is 1.64. The van der Waals surface area contributed by atoms with Crippen LogP contribution in [0.3, 0.4) is 0 Å². The maximum Gasteiger partial charge on any atom is 0.0807 e. The largest absolute Gasteiger partial charge is 0.388 e. The molecule has 4 heteroatoms. The van der Waals surface area contributed by atoms with Gasteiger partial charge in [0, 0.05) is 36.3 Å². The van der Waals surface area contributed by atoms with E-state index in [0.29, 0.717) is 0 Å². The molecular formula is C13H17N3O. The van der Waals surface area contributed by atoms with Gasteiger partial charge in [0.2, 0.25) is 0 Å².